The number of pyridine rings is 1. The summed E-state index contributed by atoms with van der Waals surface area (Å²) in [6.45, 7) is 9.31. The predicted octanol–water partition coefficient (Wildman–Crippen LogP) is 1.34. The van der Waals surface area contributed by atoms with Crippen molar-refractivity contribution in [1.29, 1.82) is 0 Å². The fraction of sp³-hybridized carbons (Fsp3) is 0.500. The zero-order valence-electron chi connectivity index (χ0n) is 17.5. The van der Waals surface area contributed by atoms with Crippen molar-refractivity contribution in [3.05, 3.63) is 39.6 Å². The first-order chi connectivity index (χ1) is 13.6. The van der Waals surface area contributed by atoms with Crippen LogP contribution in [0.1, 0.15) is 41.9 Å². The Morgan fingerprint density at radius 2 is 1.97 bits per heavy atom. The van der Waals surface area contributed by atoms with Gasteiger partial charge in [-0.3, -0.25) is 14.2 Å². The number of nitrogen functional groups attached to an aromatic ring is 1. The van der Waals surface area contributed by atoms with Crippen LogP contribution < -0.4 is 21.9 Å². The van der Waals surface area contributed by atoms with E-state index in [0.717, 1.165) is 18.5 Å². The number of nitrogens with zero attached hydrogens (tertiary/aromatic N) is 4. The molecule has 1 atom stereocenters. The van der Waals surface area contributed by atoms with Crippen LogP contribution in [0.25, 0.3) is 0 Å². The summed E-state index contributed by atoms with van der Waals surface area (Å²) >= 11 is 0. The number of fused-ring (bicyclic) bond motifs is 2. The Morgan fingerprint density at radius 3 is 2.69 bits per heavy atom. The average molecular weight is 397 g/mol. The molecule has 1 saturated heterocycles. The molecule has 1 amide bonds. The number of hydrogen-bond donors (Lipinski definition) is 3. The van der Waals surface area contributed by atoms with Gasteiger partial charge < -0.3 is 21.3 Å². The topological polar surface area (TPSA) is 118 Å². The third-order valence-corrected chi connectivity index (χ3v) is 6.42. The summed E-state index contributed by atoms with van der Waals surface area (Å²) < 4.78 is 1.66. The van der Waals surface area contributed by atoms with Crippen LogP contribution in [-0.2, 0) is 5.66 Å². The molecule has 0 aromatic carbocycles. The number of carbonyl (C=O) groups excluding carboxylic acids is 1. The summed E-state index contributed by atoms with van der Waals surface area (Å²) in [5.74, 6) is 0.613. The van der Waals surface area contributed by atoms with Crippen LogP contribution in [0.3, 0.4) is 0 Å². The molecule has 4 heterocycles. The van der Waals surface area contributed by atoms with Crippen LogP contribution in [0.2, 0.25) is 0 Å². The second kappa shape index (κ2) is 6.28. The Hall–Kier alpha value is -2.94. The summed E-state index contributed by atoms with van der Waals surface area (Å²) in [5, 5.41) is 6.27. The molecule has 9 heteroatoms. The lowest BCUT2D eigenvalue weighted by Gasteiger charge is -2.51. The maximum Gasteiger partial charge on any atom is 0.276 e. The van der Waals surface area contributed by atoms with Gasteiger partial charge in [0.2, 0.25) is 0 Å². The van der Waals surface area contributed by atoms with E-state index in [4.69, 9.17) is 5.73 Å². The van der Waals surface area contributed by atoms with Gasteiger partial charge in [0.1, 0.15) is 35.0 Å². The fourth-order valence-corrected chi connectivity index (χ4v) is 4.44. The van der Waals surface area contributed by atoms with E-state index in [-0.39, 0.29) is 16.9 Å². The number of rotatable bonds is 2. The Bertz CT molecular complexity index is 1080. The standard InChI is InChI=1S/C20H27N7O2/c1-11-8-13(24-16-12(2)15(21)22-10-23-16)18(29)27-14(11)17(28)25-20(27)9-26(5)7-6-19(20,3)4/h8,10H,6-7,9H2,1-5H3,(H,25,28)(H3,21,22,23,24). The first kappa shape index (κ1) is 19.4. The van der Waals surface area contributed by atoms with Crippen LogP contribution in [0.5, 0.6) is 0 Å². The van der Waals surface area contributed by atoms with E-state index in [1.54, 1.807) is 17.6 Å². The van der Waals surface area contributed by atoms with Crippen molar-refractivity contribution in [3.8, 4) is 0 Å². The van der Waals surface area contributed by atoms with E-state index in [9.17, 15) is 9.59 Å². The molecule has 0 radical (unpaired) electrons. The highest BCUT2D eigenvalue weighted by Gasteiger charge is 2.56. The monoisotopic (exact) mass is 397 g/mol. The number of likely N-dealkylation sites (N-methyl/N-ethyl adjacent to an activating group) is 1. The highest BCUT2D eigenvalue weighted by Crippen LogP contribution is 2.45. The number of piperidine rings is 1. The highest BCUT2D eigenvalue weighted by atomic mass is 16.2. The van der Waals surface area contributed by atoms with E-state index < -0.39 is 5.66 Å². The van der Waals surface area contributed by atoms with Gasteiger partial charge in [-0.25, -0.2) is 9.97 Å². The van der Waals surface area contributed by atoms with Crippen molar-refractivity contribution < 1.29 is 4.79 Å². The number of aromatic nitrogens is 3. The minimum absolute atomic E-state index is 0.211. The van der Waals surface area contributed by atoms with Gasteiger partial charge in [0.05, 0.1) is 0 Å². The highest BCUT2D eigenvalue weighted by molar-refractivity contribution is 5.97. The molecule has 4 N–H and O–H groups in total. The Balaban J connectivity index is 1.92. The zero-order valence-corrected chi connectivity index (χ0v) is 17.5. The number of likely N-dealkylation sites (tertiary alicyclic amines) is 1. The van der Waals surface area contributed by atoms with Gasteiger partial charge >= 0.3 is 0 Å². The van der Waals surface area contributed by atoms with E-state index in [0.29, 0.717) is 35.1 Å². The van der Waals surface area contributed by atoms with Crippen molar-refractivity contribution in [2.75, 3.05) is 31.2 Å². The predicted molar refractivity (Wildman–Crippen MR) is 111 cm³/mol. The quantitative estimate of drug-likeness (QED) is 0.700. The van der Waals surface area contributed by atoms with Crippen LogP contribution in [-0.4, -0.2) is 45.5 Å². The lowest BCUT2D eigenvalue weighted by Crippen LogP contribution is -2.65. The van der Waals surface area contributed by atoms with Crippen LogP contribution in [0, 0.1) is 19.3 Å². The van der Waals surface area contributed by atoms with Crippen LogP contribution in [0.4, 0.5) is 17.3 Å². The molecule has 0 bridgehead atoms. The molecule has 2 aliphatic heterocycles. The summed E-state index contributed by atoms with van der Waals surface area (Å²) in [6, 6.07) is 1.70. The summed E-state index contributed by atoms with van der Waals surface area (Å²) in [4.78, 5) is 36.9. The van der Waals surface area contributed by atoms with Gasteiger partial charge in [-0.2, -0.15) is 0 Å². The van der Waals surface area contributed by atoms with Crippen LogP contribution in [0.15, 0.2) is 17.2 Å². The molecule has 9 nitrogen and oxygen atoms in total. The lowest BCUT2D eigenvalue weighted by molar-refractivity contribution is -0.0239. The van der Waals surface area contributed by atoms with E-state index in [2.05, 4.69) is 39.3 Å². The van der Waals surface area contributed by atoms with Gasteiger partial charge in [0.15, 0.2) is 0 Å². The first-order valence-corrected chi connectivity index (χ1v) is 9.70. The average Bonchev–Trinajstić information content (AvgIpc) is 2.94. The third-order valence-electron chi connectivity index (χ3n) is 6.42. The molecule has 4 rings (SSSR count). The second-order valence-corrected chi connectivity index (χ2v) is 8.77. The van der Waals surface area contributed by atoms with Gasteiger partial charge in [0, 0.05) is 17.5 Å². The number of nitrogens with one attached hydrogen (secondary N) is 2. The summed E-state index contributed by atoms with van der Waals surface area (Å²) in [5.41, 5.74) is 6.67. The zero-order chi connectivity index (χ0) is 21.1. The molecular weight excluding hydrogens is 370 g/mol. The van der Waals surface area contributed by atoms with Gasteiger partial charge in [-0.1, -0.05) is 13.8 Å². The number of nitrogens with two attached hydrogens (primary N) is 1. The largest absolute Gasteiger partial charge is 0.383 e. The van der Waals surface area contributed by atoms with Crippen molar-refractivity contribution >= 4 is 23.2 Å². The number of amides is 1. The minimum Gasteiger partial charge on any atom is -0.383 e. The Morgan fingerprint density at radius 1 is 1.24 bits per heavy atom. The molecule has 154 valence electrons. The summed E-state index contributed by atoms with van der Waals surface area (Å²) in [6.07, 6.45) is 2.21. The van der Waals surface area contributed by atoms with Crippen molar-refractivity contribution in [2.45, 2.75) is 39.8 Å². The molecule has 1 unspecified atom stereocenters. The van der Waals surface area contributed by atoms with E-state index in [1.165, 1.54) is 6.33 Å². The lowest BCUT2D eigenvalue weighted by atomic mass is 9.73. The number of aryl methyl sites for hydroxylation is 1. The minimum atomic E-state index is -0.814. The van der Waals surface area contributed by atoms with Crippen LogP contribution >= 0.6 is 0 Å². The molecule has 1 spiro atoms. The summed E-state index contributed by atoms with van der Waals surface area (Å²) in [7, 11) is 2.01. The maximum atomic E-state index is 13.6. The normalized spacial score (nSPS) is 23.1. The molecule has 29 heavy (non-hydrogen) atoms. The Kier molecular flexibility index (Phi) is 4.20. The second-order valence-electron chi connectivity index (χ2n) is 8.77. The number of anilines is 3. The number of hydrogen-bond acceptors (Lipinski definition) is 7. The maximum absolute atomic E-state index is 13.6. The van der Waals surface area contributed by atoms with Crippen molar-refractivity contribution in [3.63, 3.8) is 0 Å². The van der Waals surface area contributed by atoms with E-state index in [1.807, 2.05) is 14.0 Å². The van der Waals surface area contributed by atoms with Gasteiger partial charge in [0.25, 0.3) is 11.5 Å². The third kappa shape index (κ3) is 2.71. The molecule has 2 aromatic heterocycles. The molecular formula is C20H27N7O2. The molecule has 0 saturated carbocycles. The van der Waals surface area contributed by atoms with Gasteiger partial charge in [-0.15, -0.1) is 0 Å². The van der Waals surface area contributed by atoms with Crippen molar-refractivity contribution in [1.82, 2.24) is 24.8 Å². The smallest absolute Gasteiger partial charge is 0.276 e. The molecule has 1 fully saturated rings. The van der Waals surface area contributed by atoms with Crippen molar-refractivity contribution in [2.24, 2.45) is 5.41 Å². The fourth-order valence-electron chi connectivity index (χ4n) is 4.44. The molecule has 0 aliphatic carbocycles. The first-order valence-electron chi connectivity index (χ1n) is 9.70. The van der Waals surface area contributed by atoms with Gasteiger partial charge in [-0.05, 0) is 45.5 Å². The Labute approximate surface area is 169 Å². The van der Waals surface area contributed by atoms with E-state index >= 15 is 0 Å². The SMILES string of the molecule is Cc1cc(Nc2ncnc(N)c2C)c(=O)n2c1C(=O)NC21CN(C)CCC1(C)C. The molecule has 2 aliphatic rings. The molecule has 2 aromatic rings. The number of carbonyl (C=O) groups is 1.